The van der Waals surface area contributed by atoms with Crippen LogP contribution in [0.25, 0.3) is 0 Å². The quantitative estimate of drug-likeness (QED) is 0.741. The molecule has 28 heavy (non-hydrogen) atoms. The van der Waals surface area contributed by atoms with Crippen molar-refractivity contribution in [3.05, 3.63) is 41.0 Å². The number of carbonyl (C=O) groups excluding carboxylic acids is 1. The maximum Gasteiger partial charge on any atom is 0.316 e. The van der Waals surface area contributed by atoms with E-state index in [2.05, 4.69) is 4.99 Å². The van der Waals surface area contributed by atoms with Crippen LogP contribution in [0.1, 0.15) is 71.1 Å². The van der Waals surface area contributed by atoms with E-state index in [1.54, 1.807) is 25.3 Å². The third-order valence-corrected chi connectivity index (χ3v) is 4.89. The average molecular weight is 385 g/mol. The molecule has 1 aromatic rings. The summed E-state index contributed by atoms with van der Waals surface area (Å²) < 4.78 is 5.35. The monoisotopic (exact) mass is 384 g/mol. The van der Waals surface area contributed by atoms with E-state index < -0.39 is 17.9 Å². The molecule has 0 saturated heterocycles. The summed E-state index contributed by atoms with van der Waals surface area (Å²) in [5.74, 6) is -0.889. The lowest BCUT2D eigenvalue weighted by Crippen LogP contribution is -2.34. The van der Waals surface area contributed by atoms with E-state index in [1.807, 2.05) is 53.7 Å². The first-order valence-electron chi connectivity index (χ1n) is 9.70. The molecule has 0 aromatic heterocycles. The van der Waals surface area contributed by atoms with Gasteiger partial charge < -0.3 is 15.3 Å². The Morgan fingerprint density at radius 3 is 2.14 bits per heavy atom. The number of allylic oxidation sites excluding steroid dienone is 1. The number of aromatic hydroxyl groups is 1. The molecule has 0 fully saturated rings. The summed E-state index contributed by atoms with van der Waals surface area (Å²) >= 11 is 0. The number of aliphatic imine (C=N–C) groups is 1. The first kappa shape index (κ1) is 21.9. The van der Waals surface area contributed by atoms with Crippen molar-refractivity contribution in [3.8, 4) is 5.75 Å². The highest BCUT2D eigenvalue weighted by Gasteiger charge is 2.36. The molecule has 1 heterocycles. The lowest BCUT2D eigenvalue weighted by Gasteiger charge is -2.31. The van der Waals surface area contributed by atoms with Gasteiger partial charge in [0, 0.05) is 6.21 Å². The first-order valence-corrected chi connectivity index (χ1v) is 9.70. The first-order chi connectivity index (χ1) is 12.9. The van der Waals surface area contributed by atoms with Crippen molar-refractivity contribution in [3.63, 3.8) is 0 Å². The fourth-order valence-electron chi connectivity index (χ4n) is 3.39. The maximum absolute atomic E-state index is 12.9. The number of nitrogens with one attached hydrogen (secondary N) is 1. The van der Waals surface area contributed by atoms with Gasteiger partial charge in [0.25, 0.3) is 0 Å². The summed E-state index contributed by atoms with van der Waals surface area (Å²) in [6, 6.07) is 3.09. The van der Waals surface area contributed by atoms with E-state index in [9.17, 15) is 9.90 Å². The molecule has 1 aliphatic heterocycles. The van der Waals surface area contributed by atoms with Gasteiger partial charge in [-0.3, -0.25) is 9.79 Å². The second-order valence-corrected chi connectivity index (χ2v) is 9.25. The maximum atomic E-state index is 12.9. The molecule has 0 amide bonds. The average Bonchev–Trinajstić information content (AvgIpc) is 2.56. The molecule has 5 heteroatoms. The van der Waals surface area contributed by atoms with Gasteiger partial charge in [0.2, 0.25) is 0 Å². The predicted octanol–water partition coefficient (Wildman–Crippen LogP) is 4.66. The Morgan fingerprint density at radius 1 is 1.18 bits per heavy atom. The van der Waals surface area contributed by atoms with Gasteiger partial charge in [0.05, 0.1) is 12.3 Å². The van der Waals surface area contributed by atoms with Crippen LogP contribution >= 0.6 is 0 Å². The van der Waals surface area contributed by atoms with Crippen molar-refractivity contribution in [2.24, 2.45) is 4.99 Å². The molecule has 2 unspecified atom stereocenters. The second kappa shape index (κ2) is 7.90. The molecule has 0 spiro atoms. The van der Waals surface area contributed by atoms with Crippen molar-refractivity contribution in [1.82, 2.24) is 0 Å². The standard InChI is InChI=1S/C23H32N2O3/c1-8-28-21(27)18(19-17(24)10-9-11-25-19)14-12-15(22(2,3)4)20(26)16(13-14)23(5,6)7/h9-13,18-19,24,26H,8H2,1-7H3. The summed E-state index contributed by atoms with van der Waals surface area (Å²) in [6.07, 6.45) is 4.96. The smallest absolute Gasteiger partial charge is 0.316 e. The molecule has 1 aliphatic rings. The third-order valence-electron chi connectivity index (χ3n) is 4.89. The summed E-state index contributed by atoms with van der Waals surface area (Å²) in [5, 5.41) is 19.3. The number of dihydropyridines is 1. The van der Waals surface area contributed by atoms with Gasteiger partial charge >= 0.3 is 5.97 Å². The Morgan fingerprint density at radius 2 is 1.71 bits per heavy atom. The number of hydrogen-bond acceptors (Lipinski definition) is 5. The SMILES string of the molecule is CCOC(=O)C(c1cc(C(C)(C)C)c(O)c(C(C)(C)C)c1)C1N=CC=CC1=N. The number of phenols is 1. The highest BCUT2D eigenvalue weighted by atomic mass is 16.5. The van der Waals surface area contributed by atoms with Gasteiger partial charge in [0.15, 0.2) is 0 Å². The minimum Gasteiger partial charge on any atom is -0.507 e. The summed E-state index contributed by atoms with van der Waals surface area (Å²) in [5.41, 5.74) is 1.89. The molecule has 1 aromatic carbocycles. The molecule has 0 bridgehead atoms. The molecule has 0 radical (unpaired) electrons. The van der Waals surface area contributed by atoms with Crippen LogP contribution in [-0.2, 0) is 20.4 Å². The summed E-state index contributed by atoms with van der Waals surface area (Å²) in [6.45, 7) is 14.2. The summed E-state index contributed by atoms with van der Waals surface area (Å²) in [4.78, 5) is 17.3. The molecule has 152 valence electrons. The van der Waals surface area contributed by atoms with Gasteiger partial charge in [-0.1, -0.05) is 53.7 Å². The van der Waals surface area contributed by atoms with Crippen LogP contribution < -0.4 is 0 Å². The minimum absolute atomic E-state index is 0.255. The zero-order valence-electron chi connectivity index (χ0n) is 18.0. The van der Waals surface area contributed by atoms with Gasteiger partial charge in [0.1, 0.15) is 17.7 Å². The molecular weight excluding hydrogens is 352 g/mol. The molecule has 2 N–H and O–H groups in total. The Bertz CT molecular complexity index is 788. The number of hydrogen-bond donors (Lipinski definition) is 2. The highest BCUT2D eigenvalue weighted by Crippen LogP contribution is 2.42. The van der Waals surface area contributed by atoms with Crippen molar-refractivity contribution >= 4 is 17.9 Å². The van der Waals surface area contributed by atoms with E-state index in [0.717, 1.165) is 11.1 Å². The third kappa shape index (κ3) is 4.51. The minimum atomic E-state index is -0.739. The van der Waals surface area contributed by atoms with Crippen LogP contribution in [0.5, 0.6) is 5.75 Å². The van der Waals surface area contributed by atoms with Crippen LogP contribution in [0.15, 0.2) is 29.3 Å². The van der Waals surface area contributed by atoms with Gasteiger partial charge in [-0.15, -0.1) is 0 Å². The van der Waals surface area contributed by atoms with Crippen LogP contribution in [0.2, 0.25) is 0 Å². The molecule has 2 atom stereocenters. The Kier molecular flexibility index (Phi) is 6.17. The Hall–Kier alpha value is -2.43. The van der Waals surface area contributed by atoms with Crippen molar-refractivity contribution in [2.45, 2.75) is 71.3 Å². The van der Waals surface area contributed by atoms with Gasteiger partial charge in [-0.05, 0) is 46.6 Å². The molecular formula is C23H32N2O3. The zero-order valence-corrected chi connectivity index (χ0v) is 18.0. The highest BCUT2D eigenvalue weighted by molar-refractivity contribution is 6.06. The topological polar surface area (TPSA) is 82.7 Å². The number of ether oxygens (including phenoxy) is 1. The van der Waals surface area contributed by atoms with Crippen molar-refractivity contribution in [2.75, 3.05) is 6.61 Å². The lowest BCUT2D eigenvalue weighted by atomic mass is 9.75. The number of esters is 1. The predicted molar refractivity (Wildman–Crippen MR) is 114 cm³/mol. The number of phenolic OH excluding ortho intramolecular Hbond substituents is 1. The fourth-order valence-corrected chi connectivity index (χ4v) is 3.39. The van der Waals surface area contributed by atoms with Crippen LogP contribution in [0.4, 0.5) is 0 Å². The second-order valence-electron chi connectivity index (χ2n) is 9.25. The van der Waals surface area contributed by atoms with Gasteiger partial charge in [-0.2, -0.15) is 0 Å². The molecule has 0 aliphatic carbocycles. The van der Waals surface area contributed by atoms with Gasteiger partial charge in [-0.25, -0.2) is 0 Å². The number of nitrogens with zero attached hydrogens (tertiary/aromatic N) is 1. The van der Waals surface area contributed by atoms with E-state index in [0.29, 0.717) is 5.56 Å². The van der Waals surface area contributed by atoms with Crippen molar-refractivity contribution < 1.29 is 14.6 Å². The number of carbonyl (C=O) groups is 1. The number of rotatable bonds is 4. The molecule has 0 saturated carbocycles. The largest absolute Gasteiger partial charge is 0.507 e. The van der Waals surface area contributed by atoms with Crippen LogP contribution in [0, 0.1) is 5.41 Å². The zero-order chi connectivity index (χ0) is 21.3. The number of benzene rings is 1. The Labute approximate surface area is 168 Å². The summed E-state index contributed by atoms with van der Waals surface area (Å²) in [7, 11) is 0. The van der Waals surface area contributed by atoms with Crippen LogP contribution in [0.3, 0.4) is 0 Å². The van der Waals surface area contributed by atoms with Crippen LogP contribution in [-0.4, -0.2) is 35.7 Å². The van der Waals surface area contributed by atoms with E-state index in [-0.39, 0.29) is 28.9 Å². The lowest BCUT2D eigenvalue weighted by molar-refractivity contribution is -0.145. The Balaban J connectivity index is 2.75. The fraction of sp³-hybridized carbons (Fsp3) is 0.522. The van der Waals surface area contributed by atoms with E-state index in [1.165, 1.54) is 0 Å². The molecule has 5 nitrogen and oxygen atoms in total. The molecule has 2 rings (SSSR count). The van der Waals surface area contributed by atoms with E-state index >= 15 is 0 Å². The van der Waals surface area contributed by atoms with E-state index in [4.69, 9.17) is 10.1 Å². The normalized spacial score (nSPS) is 18.2. The van der Waals surface area contributed by atoms with Crippen molar-refractivity contribution in [1.29, 1.82) is 5.41 Å².